The van der Waals surface area contributed by atoms with E-state index < -0.39 is 5.60 Å². The number of hydrogen-bond donors (Lipinski definition) is 1. The first-order valence-electron chi connectivity index (χ1n) is 5.32. The van der Waals surface area contributed by atoms with E-state index in [1.54, 1.807) is 0 Å². The Bertz CT molecular complexity index is 232. The van der Waals surface area contributed by atoms with Crippen molar-refractivity contribution in [3.63, 3.8) is 0 Å². The summed E-state index contributed by atoms with van der Waals surface area (Å²) in [6.07, 6.45) is 11.4. The highest BCUT2D eigenvalue weighted by molar-refractivity contribution is 5.34. The molecule has 2 aliphatic carbocycles. The van der Waals surface area contributed by atoms with E-state index in [1.807, 2.05) is 6.92 Å². The van der Waals surface area contributed by atoms with Crippen LogP contribution in [0.5, 0.6) is 0 Å². The first-order chi connectivity index (χ1) is 6.21. The summed E-state index contributed by atoms with van der Waals surface area (Å²) >= 11 is 0. The maximum atomic E-state index is 10.4. The Morgan fingerprint density at radius 3 is 1.85 bits per heavy atom. The Morgan fingerprint density at radius 2 is 1.54 bits per heavy atom. The highest BCUT2D eigenvalue weighted by Gasteiger charge is 2.32. The van der Waals surface area contributed by atoms with Gasteiger partial charge in [0.25, 0.3) is 0 Å². The van der Waals surface area contributed by atoms with Gasteiger partial charge in [-0.15, -0.1) is 0 Å². The average molecular weight is 178 g/mol. The Morgan fingerprint density at radius 1 is 1.08 bits per heavy atom. The SMILES string of the molecule is CC(O)(C1=CCCC1)C1=CCCC1. The summed E-state index contributed by atoms with van der Waals surface area (Å²) in [5.41, 5.74) is 1.88. The molecule has 0 aromatic rings. The second kappa shape index (κ2) is 3.30. The molecule has 72 valence electrons. The second-order valence-electron chi connectivity index (χ2n) is 4.32. The van der Waals surface area contributed by atoms with Gasteiger partial charge in [-0.1, -0.05) is 12.2 Å². The van der Waals surface area contributed by atoms with Crippen molar-refractivity contribution in [3.05, 3.63) is 23.3 Å². The van der Waals surface area contributed by atoms with E-state index in [-0.39, 0.29) is 0 Å². The van der Waals surface area contributed by atoms with Gasteiger partial charge in [-0.2, -0.15) is 0 Å². The Labute approximate surface area is 80.2 Å². The average Bonchev–Trinajstić information content (AvgIpc) is 2.78. The number of rotatable bonds is 2. The summed E-state index contributed by atoms with van der Waals surface area (Å²) in [7, 11) is 0. The van der Waals surface area contributed by atoms with Crippen LogP contribution in [0.1, 0.15) is 45.4 Å². The van der Waals surface area contributed by atoms with Crippen LogP contribution >= 0.6 is 0 Å². The molecule has 0 saturated heterocycles. The van der Waals surface area contributed by atoms with Gasteiger partial charge >= 0.3 is 0 Å². The quantitative estimate of drug-likeness (QED) is 0.644. The van der Waals surface area contributed by atoms with E-state index >= 15 is 0 Å². The minimum atomic E-state index is -0.618. The van der Waals surface area contributed by atoms with Crippen molar-refractivity contribution in [2.45, 2.75) is 51.0 Å². The van der Waals surface area contributed by atoms with Crippen LogP contribution < -0.4 is 0 Å². The van der Waals surface area contributed by atoms with Crippen LogP contribution in [0.2, 0.25) is 0 Å². The molecular weight excluding hydrogens is 160 g/mol. The molecule has 13 heavy (non-hydrogen) atoms. The lowest BCUT2D eigenvalue weighted by Gasteiger charge is -2.27. The monoisotopic (exact) mass is 178 g/mol. The maximum Gasteiger partial charge on any atom is 0.104 e. The topological polar surface area (TPSA) is 20.2 Å². The molecule has 0 aromatic heterocycles. The molecule has 0 aromatic carbocycles. The van der Waals surface area contributed by atoms with Crippen LogP contribution in [0, 0.1) is 0 Å². The Hall–Kier alpha value is -0.560. The zero-order valence-electron chi connectivity index (χ0n) is 8.34. The molecule has 0 amide bonds. The molecule has 0 spiro atoms. The van der Waals surface area contributed by atoms with Gasteiger partial charge in [-0.25, -0.2) is 0 Å². The van der Waals surface area contributed by atoms with Crippen molar-refractivity contribution in [2.24, 2.45) is 0 Å². The molecule has 0 aliphatic heterocycles. The van der Waals surface area contributed by atoms with Crippen molar-refractivity contribution >= 4 is 0 Å². The number of allylic oxidation sites excluding steroid dienone is 2. The van der Waals surface area contributed by atoms with Gasteiger partial charge < -0.3 is 5.11 Å². The molecule has 2 rings (SSSR count). The lowest BCUT2D eigenvalue weighted by atomic mass is 9.87. The highest BCUT2D eigenvalue weighted by Crippen LogP contribution is 2.37. The van der Waals surface area contributed by atoms with Crippen molar-refractivity contribution in [3.8, 4) is 0 Å². The smallest absolute Gasteiger partial charge is 0.104 e. The maximum absolute atomic E-state index is 10.4. The second-order valence-corrected chi connectivity index (χ2v) is 4.32. The van der Waals surface area contributed by atoms with Gasteiger partial charge in [0.2, 0.25) is 0 Å². The summed E-state index contributed by atoms with van der Waals surface area (Å²) in [5.74, 6) is 0. The predicted octanol–water partition coefficient (Wildman–Crippen LogP) is 2.96. The molecule has 0 bridgehead atoms. The molecule has 0 radical (unpaired) electrons. The minimum absolute atomic E-state index is 0.618. The molecule has 1 N–H and O–H groups in total. The van der Waals surface area contributed by atoms with Gasteiger partial charge in [0, 0.05) is 0 Å². The van der Waals surface area contributed by atoms with Crippen LogP contribution in [-0.2, 0) is 0 Å². The van der Waals surface area contributed by atoms with Crippen LogP contribution in [0.15, 0.2) is 23.3 Å². The van der Waals surface area contributed by atoms with E-state index in [9.17, 15) is 5.11 Å². The minimum Gasteiger partial charge on any atom is -0.381 e. The lowest BCUT2D eigenvalue weighted by molar-refractivity contribution is 0.132. The lowest BCUT2D eigenvalue weighted by Crippen LogP contribution is -2.28. The molecule has 0 saturated carbocycles. The molecule has 1 nitrogen and oxygen atoms in total. The van der Waals surface area contributed by atoms with Crippen LogP contribution in [-0.4, -0.2) is 10.7 Å². The first-order valence-corrected chi connectivity index (χ1v) is 5.32. The third-order valence-corrected chi connectivity index (χ3v) is 3.33. The summed E-state index contributed by atoms with van der Waals surface area (Å²) in [6.45, 7) is 1.96. The van der Waals surface area contributed by atoms with Gasteiger partial charge in [0.15, 0.2) is 0 Å². The molecule has 0 heterocycles. The van der Waals surface area contributed by atoms with E-state index in [2.05, 4.69) is 12.2 Å². The fourth-order valence-corrected chi connectivity index (χ4v) is 2.43. The van der Waals surface area contributed by atoms with Gasteiger partial charge in [-0.3, -0.25) is 0 Å². The summed E-state index contributed by atoms with van der Waals surface area (Å²) in [6, 6.07) is 0. The van der Waals surface area contributed by atoms with E-state index in [1.165, 1.54) is 24.0 Å². The third-order valence-electron chi connectivity index (χ3n) is 3.33. The summed E-state index contributed by atoms with van der Waals surface area (Å²) < 4.78 is 0. The van der Waals surface area contributed by atoms with Crippen LogP contribution in [0.3, 0.4) is 0 Å². The fraction of sp³-hybridized carbons (Fsp3) is 0.667. The Kier molecular flexibility index (Phi) is 2.29. The third kappa shape index (κ3) is 1.58. The summed E-state index contributed by atoms with van der Waals surface area (Å²) in [5, 5.41) is 10.4. The van der Waals surface area contributed by atoms with E-state index in [0.29, 0.717) is 0 Å². The summed E-state index contributed by atoms with van der Waals surface area (Å²) in [4.78, 5) is 0. The van der Waals surface area contributed by atoms with Crippen LogP contribution in [0.4, 0.5) is 0 Å². The van der Waals surface area contributed by atoms with E-state index in [0.717, 1.165) is 25.7 Å². The molecule has 0 unspecified atom stereocenters. The van der Waals surface area contributed by atoms with E-state index in [4.69, 9.17) is 0 Å². The highest BCUT2D eigenvalue weighted by atomic mass is 16.3. The largest absolute Gasteiger partial charge is 0.381 e. The molecule has 0 fully saturated rings. The van der Waals surface area contributed by atoms with Crippen LogP contribution in [0.25, 0.3) is 0 Å². The van der Waals surface area contributed by atoms with Gasteiger partial charge in [0.1, 0.15) is 5.60 Å². The predicted molar refractivity (Wildman–Crippen MR) is 54.5 cm³/mol. The van der Waals surface area contributed by atoms with Crippen molar-refractivity contribution in [1.82, 2.24) is 0 Å². The first kappa shape index (κ1) is 9.01. The molecule has 0 atom stereocenters. The van der Waals surface area contributed by atoms with Crippen molar-refractivity contribution < 1.29 is 5.11 Å². The van der Waals surface area contributed by atoms with Crippen molar-refractivity contribution in [1.29, 1.82) is 0 Å². The van der Waals surface area contributed by atoms with Crippen molar-refractivity contribution in [2.75, 3.05) is 0 Å². The molecule has 2 aliphatic rings. The number of aliphatic hydroxyl groups is 1. The fourth-order valence-electron chi connectivity index (χ4n) is 2.43. The number of hydrogen-bond acceptors (Lipinski definition) is 1. The molecule has 1 heteroatoms. The standard InChI is InChI=1S/C12H18O/c1-12(13,10-6-2-3-7-10)11-8-4-5-9-11/h6,8,13H,2-5,7,9H2,1H3. The Balaban J connectivity index is 2.18. The molecular formula is C12H18O. The zero-order chi connectivity index (χ0) is 9.31. The normalized spacial score (nSPS) is 23.2. The van der Waals surface area contributed by atoms with Gasteiger partial charge in [-0.05, 0) is 56.6 Å². The van der Waals surface area contributed by atoms with Gasteiger partial charge in [0.05, 0.1) is 0 Å². The zero-order valence-corrected chi connectivity index (χ0v) is 8.34.